The van der Waals surface area contributed by atoms with Gasteiger partial charge in [0.15, 0.2) is 0 Å². The molecule has 0 aliphatic carbocycles. The highest BCUT2D eigenvalue weighted by molar-refractivity contribution is 6.08. The van der Waals surface area contributed by atoms with Crippen molar-refractivity contribution in [3.63, 3.8) is 0 Å². The molecule has 10 heavy (non-hydrogen) atoms. The Kier molecular flexibility index (Phi) is 2.90. The minimum atomic E-state index is 0.145. The van der Waals surface area contributed by atoms with E-state index >= 15 is 0 Å². The van der Waals surface area contributed by atoms with Gasteiger partial charge in [0, 0.05) is 25.5 Å². The van der Waals surface area contributed by atoms with Crippen LogP contribution in [0.4, 0.5) is 0 Å². The smallest absolute Gasteiger partial charge is 0.124 e. The van der Waals surface area contributed by atoms with Gasteiger partial charge in [0.2, 0.25) is 0 Å². The molecule has 1 aliphatic heterocycles. The van der Waals surface area contributed by atoms with Crippen molar-refractivity contribution in [1.82, 2.24) is 5.06 Å². The van der Waals surface area contributed by atoms with Crippen LogP contribution in [0.25, 0.3) is 0 Å². The lowest BCUT2D eigenvalue weighted by Crippen LogP contribution is -2.22. The normalized spacial score (nSPS) is 27.0. The number of carbonyl (C=O) groups excluding carboxylic acids is 1. The Morgan fingerprint density at radius 3 is 3.10 bits per heavy atom. The Balaban J connectivity index is 2.21. The molecule has 1 rings (SSSR count). The Labute approximate surface area is 61.7 Å². The van der Waals surface area contributed by atoms with Crippen LogP contribution >= 0.6 is 0 Å². The van der Waals surface area contributed by atoms with Crippen LogP contribution in [0.2, 0.25) is 0 Å². The molecule has 1 saturated heterocycles. The second kappa shape index (κ2) is 3.73. The molecular formula is C6H10BNO2. The highest BCUT2D eigenvalue weighted by Gasteiger charge is 2.21. The fraction of sp³-hybridized carbons (Fsp3) is 0.833. The first-order valence-corrected chi connectivity index (χ1v) is 3.40. The van der Waals surface area contributed by atoms with E-state index in [2.05, 4.69) is 0 Å². The van der Waals surface area contributed by atoms with Crippen LogP contribution in [0.1, 0.15) is 6.42 Å². The summed E-state index contributed by atoms with van der Waals surface area (Å²) in [4.78, 5) is 15.2. The molecule has 0 saturated carbocycles. The van der Waals surface area contributed by atoms with E-state index in [-0.39, 0.29) is 12.4 Å². The molecule has 4 heteroatoms. The first kappa shape index (κ1) is 7.76. The molecule has 1 heterocycles. The van der Waals surface area contributed by atoms with Gasteiger partial charge in [0.1, 0.15) is 14.1 Å². The summed E-state index contributed by atoms with van der Waals surface area (Å²) in [7, 11) is 5.14. The van der Waals surface area contributed by atoms with Crippen LogP contribution in [0.5, 0.6) is 0 Å². The second-order valence-corrected chi connectivity index (χ2v) is 2.37. The van der Waals surface area contributed by atoms with E-state index < -0.39 is 0 Å². The Morgan fingerprint density at radius 1 is 1.80 bits per heavy atom. The van der Waals surface area contributed by atoms with Crippen molar-refractivity contribution in [3.8, 4) is 0 Å². The van der Waals surface area contributed by atoms with Crippen molar-refractivity contribution in [2.24, 2.45) is 5.92 Å². The Morgan fingerprint density at radius 2 is 2.60 bits per heavy atom. The zero-order valence-corrected chi connectivity index (χ0v) is 5.82. The van der Waals surface area contributed by atoms with E-state index in [1.165, 1.54) is 0 Å². The third-order valence-corrected chi connectivity index (χ3v) is 1.64. The third-order valence-electron chi connectivity index (χ3n) is 1.64. The number of hydrogen-bond acceptors (Lipinski definition) is 3. The average Bonchev–Trinajstić information content (AvgIpc) is 2.37. The van der Waals surface area contributed by atoms with Gasteiger partial charge in [0.05, 0.1) is 0 Å². The molecule has 2 radical (unpaired) electrons. The fourth-order valence-electron chi connectivity index (χ4n) is 1.09. The fourth-order valence-corrected chi connectivity index (χ4v) is 1.09. The summed E-state index contributed by atoms with van der Waals surface area (Å²) >= 11 is 0. The Hall–Kier alpha value is -0.345. The third kappa shape index (κ3) is 1.82. The summed E-state index contributed by atoms with van der Waals surface area (Å²) in [5.41, 5.74) is 0. The first-order valence-electron chi connectivity index (χ1n) is 3.40. The maximum Gasteiger partial charge on any atom is 0.124 e. The van der Waals surface area contributed by atoms with Crippen molar-refractivity contribution in [3.05, 3.63) is 0 Å². The number of hydrogen-bond donors (Lipinski definition) is 0. The van der Waals surface area contributed by atoms with Gasteiger partial charge in [-0.1, -0.05) is 0 Å². The molecule has 1 atom stereocenters. The van der Waals surface area contributed by atoms with Gasteiger partial charge in [-0.25, -0.2) is 0 Å². The van der Waals surface area contributed by atoms with E-state index in [0.717, 1.165) is 19.3 Å². The highest BCUT2D eigenvalue weighted by atomic mass is 16.7. The van der Waals surface area contributed by atoms with Crippen LogP contribution in [-0.4, -0.2) is 38.8 Å². The van der Waals surface area contributed by atoms with E-state index in [1.54, 1.807) is 5.06 Å². The molecule has 1 aliphatic rings. The zero-order valence-electron chi connectivity index (χ0n) is 5.82. The second-order valence-electron chi connectivity index (χ2n) is 2.37. The van der Waals surface area contributed by atoms with E-state index in [9.17, 15) is 4.79 Å². The van der Waals surface area contributed by atoms with Crippen molar-refractivity contribution in [2.45, 2.75) is 6.42 Å². The van der Waals surface area contributed by atoms with Crippen LogP contribution < -0.4 is 0 Å². The summed E-state index contributed by atoms with van der Waals surface area (Å²) in [6.07, 6.45) is 1.86. The van der Waals surface area contributed by atoms with Gasteiger partial charge in [-0.3, -0.25) is 0 Å². The van der Waals surface area contributed by atoms with Crippen molar-refractivity contribution < 1.29 is 9.63 Å². The van der Waals surface area contributed by atoms with Gasteiger partial charge in [0.25, 0.3) is 0 Å². The maximum absolute atomic E-state index is 10.2. The first-order chi connectivity index (χ1) is 4.86. The molecule has 0 aromatic carbocycles. The lowest BCUT2D eigenvalue weighted by molar-refractivity contribution is -0.129. The molecule has 0 aromatic heterocycles. The minimum absolute atomic E-state index is 0.145. The van der Waals surface area contributed by atoms with Crippen molar-refractivity contribution >= 4 is 14.1 Å². The maximum atomic E-state index is 10.2. The molecule has 0 N–H and O–H groups in total. The van der Waals surface area contributed by atoms with Crippen LogP contribution in [0.15, 0.2) is 0 Å². The minimum Gasteiger partial charge on any atom is -0.309 e. The number of nitrogens with zero attached hydrogens (tertiary/aromatic N) is 1. The predicted molar refractivity (Wildman–Crippen MR) is 37.5 cm³/mol. The molecule has 0 unspecified atom stereocenters. The highest BCUT2D eigenvalue weighted by Crippen LogP contribution is 2.12. The topological polar surface area (TPSA) is 29.5 Å². The van der Waals surface area contributed by atoms with Crippen LogP contribution in [-0.2, 0) is 9.63 Å². The van der Waals surface area contributed by atoms with Crippen LogP contribution in [0.3, 0.4) is 0 Å². The van der Waals surface area contributed by atoms with Crippen molar-refractivity contribution in [2.75, 3.05) is 19.6 Å². The quantitative estimate of drug-likeness (QED) is 0.392. The average molecular weight is 139 g/mol. The summed E-state index contributed by atoms with van der Waals surface area (Å²) in [5.74, 6) is 0.145. The predicted octanol–water partition coefficient (Wildman–Crippen LogP) is -0.435. The monoisotopic (exact) mass is 139 g/mol. The zero-order chi connectivity index (χ0) is 7.40. The standard InChI is InChI=1S/C6H10BNO2/c7-5-10-8-2-1-6(3-8)4-9/h4,6H,1-3,5H2/t6-/m0/s1. The summed E-state index contributed by atoms with van der Waals surface area (Å²) in [6.45, 7) is 1.72. The summed E-state index contributed by atoms with van der Waals surface area (Å²) < 4.78 is 0. The van der Waals surface area contributed by atoms with E-state index in [1.807, 2.05) is 0 Å². The van der Waals surface area contributed by atoms with Gasteiger partial charge >= 0.3 is 0 Å². The molecule has 3 nitrogen and oxygen atoms in total. The molecule has 0 bridgehead atoms. The molecule has 1 fully saturated rings. The van der Waals surface area contributed by atoms with Crippen LogP contribution in [0, 0.1) is 5.92 Å². The molecule has 54 valence electrons. The number of hydroxylamine groups is 2. The van der Waals surface area contributed by atoms with Gasteiger partial charge in [-0.2, -0.15) is 5.06 Å². The van der Waals surface area contributed by atoms with Gasteiger partial charge < -0.3 is 9.63 Å². The molecular weight excluding hydrogens is 129 g/mol. The number of carbonyl (C=O) groups is 1. The Bertz CT molecular complexity index is 120. The summed E-state index contributed by atoms with van der Waals surface area (Å²) in [6, 6.07) is 0. The summed E-state index contributed by atoms with van der Waals surface area (Å²) in [5, 5.41) is 1.74. The lowest BCUT2D eigenvalue weighted by atomic mass is 10.1. The largest absolute Gasteiger partial charge is 0.309 e. The lowest BCUT2D eigenvalue weighted by Gasteiger charge is -2.12. The van der Waals surface area contributed by atoms with E-state index in [4.69, 9.17) is 12.7 Å². The van der Waals surface area contributed by atoms with E-state index in [0.29, 0.717) is 6.54 Å². The SMILES string of the molecule is [B]CON1CC[C@H](C=O)C1. The molecule has 0 amide bonds. The van der Waals surface area contributed by atoms with Crippen molar-refractivity contribution in [1.29, 1.82) is 0 Å². The van der Waals surface area contributed by atoms with Gasteiger partial charge in [-0.05, 0) is 6.42 Å². The number of aldehydes is 1. The number of rotatable bonds is 3. The molecule has 0 aromatic rings. The van der Waals surface area contributed by atoms with Gasteiger partial charge in [-0.15, -0.1) is 0 Å². The molecule has 0 spiro atoms.